The van der Waals surface area contributed by atoms with Crippen molar-refractivity contribution >= 4 is 17.5 Å². The molecule has 2 amide bonds. The Morgan fingerprint density at radius 3 is 2.58 bits per heavy atom. The Morgan fingerprint density at radius 1 is 1.13 bits per heavy atom. The highest BCUT2D eigenvalue weighted by Gasteiger charge is 2.28. The van der Waals surface area contributed by atoms with Gasteiger partial charge in [0.1, 0.15) is 11.6 Å². The number of carbonyl (C=O) groups excluding carboxylic acids is 2. The van der Waals surface area contributed by atoms with E-state index in [1.807, 2.05) is 6.07 Å². The maximum absolute atomic E-state index is 13.9. The average Bonchev–Trinajstić information content (AvgIpc) is 3.30. The third-order valence-corrected chi connectivity index (χ3v) is 5.41. The van der Waals surface area contributed by atoms with Crippen molar-refractivity contribution in [2.75, 3.05) is 25.5 Å². The van der Waals surface area contributed by atoms with Gasteiger partial charge in [0, 0.05) is 25.1 Å². The largest absolute Gasteiger partial charge is 0.495 e. The van der Waals surface area contributed by atoms with Crippen LogP contribution in [0.2, 0.25) is 0 Å². The third kappa shape index (κ3) is 4.42. The molecule has 0 unspecified atom stereocenters. The van der Waals surface area contributed by atoms with Crippen LogP contribution in [0.5, 0.6) is 5.75 Å². The number of nitrogens with one attached hydrogen (secondary N) is 1. The lowest BCUT2D eigenvalue weighted by atomic mass is 9.93. The Kier molecular flexibility index (Phi) is 5.97. The molecule has 1 N–H and O–H groups in total. The Balaban J connectivity index is 1.37. The first kappa shape index (κ1) is 20.6. The standard InChI is InChI=1S/C23H22FN3O4/c1-30-20-9-5-4-8-18(20)25-22(28)21-14-19(26-31-21)15-10-12-27(13-11-15)23(29)16-6-2-3-7-17(16)24/h2-9,14-15H,10-13H2,1H3,(H,25,28). The van der Waals surface area contributed by atoms with Gasteiger partial charge < -0.3 is 19.5 Å². The minimum atomic E-state index is -0.517. The Hall–Kier alpha value is -3.68. The first-order chi connectivity index (χ1) is 15.1. The molecular formula is C23H22FN3O4. The number of hydrogen-bond acceptors (Lipinski definition) is 5. The molecule has 3 aromatic rings. The molecule has 4 rings (SSSR count). The topological polar surface area (TPSA) is 84.7 Å². The second-order valence-corrected chi connectivity index (χ2v) is 7.32. The van der Waals surface area contributed by atoms with E-state index in [0.29, 0.717) is 43.1 Å². The Bertz CT molecular complexity index is 1090. The molecule has 0 spiro atoms. The molecule has 1 fully saturated rings. The van der Waals surface area contributed by atoms with Gasteiger partial charge in [0.25, 0.3) is 11.8 Å². The van der Waals surface area contributed by atoms with Crippen LogP contribution in [0.15, 0.2) is 59.1 Å². The SMILES string of the molecule is COc1ccccc1NC(=O)c1cc(C2CCN(C(=O)c3ccccc3F)CC2)no1. The number of benzene rings is 2. The van der Waals surface area contributed by atoms with Crippen molar-refractivity contribution < 1.29 is 23.2 Å². The van der Waals surface area contributed by atoms with Crippen LogP contribution >= 0.6 is 0 Å². The summed E-state index contributed by atoms with van der Waals surface area (Å²) in [5.41, 5.74) is 1.29. The maximum Gasteiger partial charge on any atom is 0.294 e. The number of nitrogens with zero attached hydrogens (tertiary/aromatic N) is 2. The van der Waals surface area contributed by atoms with E-state index in [1.165, 1.54) is 19.2 Å². The Morgan fingerprint density at radius 2 is 1.84 bits per heavy atom. The number of aromatic nitrogens is 1. The predicted molar refractivity (Wildman–Crippen MR) is 112 cm³/mol. The molecule has 2 aromatic carbocycles. The fourth-order valence-electron chi connectivity index (χ4n) is 3.70. The lowest BCUT2D eigenvalue weighted by Crippen LogP contribution is -2.38. The molecule has 8 heteroatoms. The van der Waals surface area contributed by atoms with Gasteiger partial charge in [0.2, 0.25) is 5.76 Å². The van der Waals surface area contributed by atoms with Crippen LogP contribution in [0.1, 0.15) is 45.4 Å². The van der Waals surface area contributed by atoms with Gasteiger partial charge in [-0.25, -0.2) is 4.39 Å². The average molecular weight is 423 g/mol. The highest BCUT2D eigenvalue weighted by molar-refractivity contribution is 6.03. The molecule has 0 aliphatic carbocycles. The molecular weight excluding hydrogens is 401 g/mol. The van der Waals surface area contributed by atoms with E-state index in [4.69, 9.17) is 9.26 Å². The lowest BCUT2D eigenvalue weighted by Gasteiger charge is -2.31. The highest BCUT2D eigenvalue weighted by Crippen LogP contribution is 2.29. The number of carbonyl (C=O) groups is 2. The highest BCUT2D eigenvalue weighted by atomic mass is 19.1. The summed E-state index contributed by atoms with van der Waals surface area (Å²) in [4.78, 5) is 26.7. The molecule has 31 heavy (non-hydrogen) atoms. The summed E-state index contributed by atoms with van der Waals surface area (Å²) >= 11 is 0. The number of para-hydroxylation sites is 2. The van der Waals surface area contributed by atoms with Gasteiger partial charge in [-0.05, 0) is 37.1 Å². The summed E-state index contributed by atoms with van der Waals surface area (Å²) in [5, 5.41) is 6.81. The predicted octanol–water partition coefficient (Wildman–Crippen LogP) is 4.09. The molecule has 160 valence electrons. The number of methoxy groups -OCH3 is 1. The first-order valence-electron chi connectivity index (χ1n) is 10.0. The summed E-state index contributed by atoms with van der Waals surface area (Å²) in [6, 6.07) is 14.7. The summed E-state index contributed by atoms with van der Waals surface area (Å²) in [6.07, 6.45) is 1.31. The number of halogens is 1. The number of likely N-dealkylation sites (tertiary alicyclic amines) is 1. The molecule has 0 atom stereocenters. The van der Waals surface area contributed by atoms with Crippen molar-refractivity contribution in [1.29, 1.82) is 0 Å². The van der Waals surface area contributed by atoms with Gasteiger partial charge in [-0.3, -0.25) is 9.59 Å². The molecule has 7 nitrogen and oxygen atoms in total. The third-order valence-electron chi connectivity index (χ3n) is 5.41. The van der Waals surface area contributed by atoms with E-state index in [0.717, 1.165) is 0 Å². The summed E-state index contributed by atoms with van der Waals surface area (Å²) in [6.45, 7) is 0.959. The zero-order valence-corrected chi connectivity index (χ0v) is 17.0. The zero-order chi connectivity index (χ0) is 21.8. The minimum absolute atomic E-state index is 0.0567. The molecule has 1 aliphatic heterocycles. The van der Waals surface area contributed by atoms with Crippen molar-refractivity contribution in [1.82, 2.24) is 10.1 Å². The molecule has 1 aromatic heterocycles. The van der Waals surface area contributed by atoms with Crippen LogP contribution < -0.4 is 10.1 Å². The molecule has 0 radical (unpaired) electrons. The second kappa shape index (κ2) is 8.99. The van der Waals surface area contributed by atoms with Gasteiger partial charge in [-0.15, -0.1) is 0 Å². The fourth-order valence-corrected chi connectivity index (χ4v) is 3.70. The molecule has 1 aliphatic rings. The van der Waals surface area contributed by atoms with Crippen molar-refractivity contribution in [2.24, 2.45) is 0 Å². The summed E-state index contributed by atoms with van der Waals surface area (Å²) in [7, 11) is 1.53. The van der Waals surface area contributed by atoms with E-state index in [2.05, 4.69) is 10.5 Å². The van der Waals surface area contributed by atoms with E-state index in [-0.39, 0.29) is 23.1 Å². The molecule has 0 saturated carbocycles. The van der Waals surface area contributed by atoms with Crippen LogP contribution in [0.3, 0.4) is 0 Å². The number of ether oxygens (including phenoxy) is 1. The summed E-state index contributed by atoms with van der Waals surface area (Å²) in [5.74, 6) is -0.546. The molecule has 1 saturated heterocycles. The number of hydrogen-bond donors (Lipinski definition) is 1. The van der Waals surface area contributed by atoms with E-state index >= 15 is 0 Å². The van der Waals surface area contributed by atoms with Crippen LogP contribution in [-0.2, 0) is 0 Å². The van der Waals surface area contributed by atoms with E-state index in [9.17, 15) is 14.0 Å². The second-order valence-electron chi connectivity index (χ2n) is 7.32. The van der Waals surface area contributed by atoms with Crippen molar-refractivity contribution in [2.45, 2.75) is 18.8 Å². The number of rotatable bonds is 5. The minimum Gasteiger partial charge on any atom is -0.495 e. The lowest BCUT2D eigenvalue weighted by molar-refractivity contribution is 0.0706. The normalized spacial score (nSPS) is 14.3. The van der Waals surface area contributed by atoms with Crippen LogP contribution in [0, 0.1) is 5.82 Å². The van der Waals surface area contributed by atoms with Crippen LogP contribution in [-0.4, -0.2) is 42.1 Å². The van der Waals surface area contributed by atoms with Gasteiger partial charge in [-0.1, -0.05) is 29.4 Å². The fraction of sp³-hybridized carbons (Fsp3) is 0.261. The molecule has 2 heterocycles. The summed E-state index contributed by atoms with van der Waals surface area (Å²) < 4.78 is 24.4. The van der Waals surface area contributed by atoms with Gasteiger partial charge in [0.15, 0.2) is 0 Å². The number of anilines is 1. The van der Waals surface area contributed by atoms with Crippen LogP contribution in [0.25, 0.3) is 0 Å². The van der Waals surface area contributed by atoms with Crippen molar-refractivity contribution in [3.63, 3.8) is 0 Å². The van der Waals surface area contributed by atoms with Crippen molar-refractivity contribution in [3.05, 3.63) is 77.4 Å². The zero-order valence-electron chi connectivity index (χ0n) is 17.0. The smallest absolute Gasteiger partial charge is 0.294 e. The van der Waals surface area contributed by atoms with E-state index < -0.39 is 11.7 Å². The Labute approximate surface area is 178 Å². The van der Waals surface area contributed by atoms with Crippen LogP contribution in [0.4, 0.5) is 10.1 Å². The van der Waals surface area contributed by atoms with Crippen molar-refractivity contribution in [3.8, 4) is 5.75 Å². The monoisotopic (exact) mass is 423 g/mol. The maximum atomic E-state index is 13.9. The quantitative estimate of drug-likeness (QED) is 0.668. The van der Waals surface area contributed by atoms with Gasteiger partial charge >= 0.3 is 0 Å². The first-order valence-corrected chi connectivity index (χ1v) is 10.0. The van der Waals surface area contributed by atoms with Gasteiger partial charge in [-0.2, -0.15) is 0 Å². The number of amides is 2. The molecule has 0 bridgehead atoms. The van der Waals surface area contributed by atoms with Gasteiger partial charge in [0.05, 0.1) is 24.1 Å². The van der Waals surface area contributed by atoms with E-state index in [1.54, 1.807) is 41.3 Å². The number of piperidine rings is 1.